The highest BCUT2D eigenvalue weighted by Crippen LogP contribution is 2.25. The fourth-order valence-corrected chi connectivity index (χ4v) is 1.89. The predicted octanol–water partition coefficient (Wildman–Crippen LogP) is 3.00. The van der Waals surface area contributed by atoms with Crippen LogP contribution in [0.2, 0.25) is 0 Å². The van der Waals surface area contributed by atoms with Gasteiger partial charge in [0.15, 0.2) is 11.5 Å². The highest BCUT2D eigenvalue weighted by Gasteiger charge is 2.02. The quantitative estimate of drug-likeness (QED) is 0.758. The highest BCUT2D eigenvalue weighted by atomic mass is 16.5. The van der Waals surface area contributed by atoms with E-state index in [1.165, 1.54) is 0 Å². The molecule has 0 fully saturated rings. The van der Waals surface area contributed by atoms with Gasteiger partial charge in [-0.05, 0) is 29.8 Å². The molecule has 4 nitrogen and oxygen atoms in total. The van der Waals surface area contributed by atoms with Gasteiger partial charge in [-0.25, -0.2) is 0 Å². The molecule has 0 aliphatic rings. The van der Waals surface area contributed by atoms with Crippen LogP contribution < -0.4 is 19.9 Å². The van der Waals surface area contributed by atoms with Gasteiger partial charge >= 0.3 is 0 Å². The molecule has 0 spiro atoms. The van der Waals surface area contributed by atoms with Gasteiger partial charge in [0.1, 0.15) is 5.75 Å². The number of hydrogen-bond donors (Lipinski definition) is 1. The standard InChI is InChI=1S/C17H21NO3/c1-19-16-5-2-3-6-17(16)21-12-4-11-20-15-9-7-14(13-18)8-10-15/h2-3,5-10H,4,11-13,18H2,1H3. The Morgan fingerprint density at radius 3 is 2.19 bits per heavy atom. The molecule has 112 valence electrons. The number of benzene rings is 2. The Kier molecular flexibility index (Phi) is 5.91. The van der Waals surface area contributed by atoms with Crippen molar-refractivity contribution in [3.8, 4) is 17.2 Å². The van der Waals surface area contributed by atoms with Gasteiger partial charge in [-0.15, -0.1) is 0 Å². The Hall–Kier alpha value is -2.20. The first-order chi connectivity index (χ1) is 10.3. The van der Waals surface area contributed by atoms with Crippen molar-refractivity contribution in [1.82, 2.24) is 0 Å². The maximum atomic E-state index is 5.68. The van der Waals surface area contributed by atoms with Crippen molar-refractivity contribution >= 4 is 0 Å². The molecule has 0 aliphatic heterocycles. The van der Waals surface area contributed by atoms with Crippen molar-refractivity contribution in [2.45, 2.75) is 13.0 Å². The van der Waals surface area contributed by atoms with Gasteiger partial charge in [-0.1, -0.05) is 24.3 Å². The number of para-hydroxylation sites is 2. The van der Waals surface area contributed by atoms with Crippen LogP contribution in [-0.2, 0) is 6.54 Å². The summed E-state index contributed by atoms with van der Waals surface area (Å²) in [6.07, 6.45) is 0.802. The van der Waals surface area contributed by atoms with Gasteiger partial charge in [0, 0.05) is 13.0 Å². The third-order valence-corrected chi connectivity index (χ3v) is 3.04. The van der Waals surface area contributed by atoms with E-state index in [0.717, 1.165) is 29.2 Å². The molecule has 0 aromatic heterocycles. The second-order valence-corrected chi connectivity index (χ2v) is 4.55. The highest BCUT2D eigenvalue weighted by molar-refractivity contribution is 5.39. The summed E-state index contributed by atoms with van der Waals surface area (Å²) in [7, 11) is 1.64. The van der Waals surface area contributed by atoms with Crippen LogP contribution in [0.5, 0.6) is 17.2 Å². The average Bonchev–Trinajstić information content (AvgIpc) is 2.55. The van der Waals surface area contributed by atoms with Gasteiger partial charge in [-0.3, -0.25) is 0 Å². The van der Waals surface area contributed by atoms with Crippen molar-refractivity contribution in [3.63, 3.8) is 0 Å². The molecule has 0 unspecified atom stereocenters. The summed E-state index contributed by atoms with van der Waals surface area (Å²) in [4.78, 5) is 0. The van der Waals surface area contributed by atoms with Crippen LogP contribution in [0.15, 0.2) is 48.5 Å². The maximum Gasteiger partial charge on any atom is 0.161 e. The number of methoxy groups -OCH3 is 1. The lowest BCUT2D eigenvalue weighted by atomic mass is 10.2. The molecule has 2 rings (SSSR count). The topological polar surface area (TPSA) is 53.7 Å². The zero-order chi connectivity index (χ0) is 14.9. The van der Waals surface area contributed by atoms with Crippen LogP contribution in [0.1, 0.15) is 12.0 Å². The molecule has 0 atom stereocenters. The van der Waals surface area contributed by atoms with Crippen molar-refractivity contribution in [3.05, 3.63) is 54.1 Å². The van der Waals surface area contributed by atoms with Crippen LogP contribution in [0.25, 0.3) is 0 Å². The minimum absolute atomic E-state index is 0.549. The van der Waals surface area contributed by atoms with Gasteiger partial charge in [0.2, 0.25) is 0 Å². The first kappa shape index (κ1) is 15.2. The van der Waals surface area contributed by atoms with Gasteiger partial charge < -0.3 is 19.9 Å². The van der Waals surface area contributed by atoms with E-state index >= 15 is 0 Å². The van der Waals surface area contributed by atoms with Crippen LogP contribution in [-0.4, -0.2) is 20.3 Å². The average molecular weight is 287 g/mol. The largest absolute Gasteiger partial charge is 0.493 e. The fourth-order valence-electron chi connectivity index (χ4n) is 1.89. The summed E-state index contributed by atoms with van der Waals surface area (Å²) < 4.78 is 16.6. The van der Waals surface area contributed by atoms with Gasteiger partial charge in [0.05, 0.1) is 20.3 Å². The number of ether oxygens (including phenoxy) is 3. The van der Waals surface area contributed by atoms with E-state index in [-0.39, 0.29) is 0 Å². The normalized spacial score (nSPS) is 10.2. The Balaban J connectivity index is 1.70. The van der Waals surface area contributed by atoms with Crippen LogP contribution in [0.4, 0.5) is 0 Å². The Morgan fingerprint density at radius 2 is 1.52 bits per heavy atom. The van der Waals surface area contributed by atoms with Crippen LogP contribution in [0, 0.1) is 0 Å². The zero-order valence-electron chi connectivity index (χ0n) is 12.2. The van der Waals surface area contributed by atoms with E-state index in [2.05, 4.69) is 0 Å². The molecule has 2 aromatic carbocycles. The third-order valence-electron chi connectivity index (χ3n) is 3.04. The molecule has 21 heavy (non-hydrogen) atoms. The zero-order valence-corrected chi connectivity index (χ0v) is 12.2. The molecule has 4 heteroatoms. The molecule has 0 saturated heterocycles. The van der Waals surface area contributed by atoms with E-state index in [9.17, 15) is 0 Å². The second-order valence-electron chi connectivity index (χ2n) is 4.55. The van der Waals surface area contributed by atoms with Crippen molar-refractivity contribution < 1.29 is 14.2 Å². The molecule has 2 aromatic rings. The van der Waals surface area contributed by atoms with Crippen molar-refractivity contribution in [2.24, 2.45) is 5.73 Å². The Labute approximate surface area is 125 Å². The number of nitrogens with two attached hydrogens (primary N) is 1. The van der Waals surface area contributed by atoms with Crippen LogP contribution >= 0.6 is 0 Å². The molecular weight excluding hydrogens is 266 g/mol. The van der Waals surface area contributed by atoms with E-state index in [1.54, 1.807) is 7.11 Å². The molecular formula is C17H21NO3. The first-order valence-electron chi connectivity index (χ1n) is 7.01. The van der Waals surface area contributed by atoms with Gasteiger partial charge in [-0.2, -0.15) is 0 Å². The van der Waals surface area contributed by atoms with E-state index < -0.39 is 0 Å². The van der Waals surface area contributed by atoms with Crippen LogP contribution in [0.3, 0.4) is 0 Å². The smallest absolute Gasteiger partial charge is 0.161 e. The molecule has 2 N–H and O–H groups in total. The Bertz CT molecular complexity index is 540. The molecule has 0 saturated carbocycles. The summed E-state index contributed by atoms with van der Waals surface area (Å²) in [6, 6.07) is 15.4. The minimum atomic E-state index is 0.549. The second kappa shape index (κ2) is 8.17. The van der Waals surface area contributed by atoms with Crippen molar-refractivity contribution in [1.29, 1.82) is 0 Å². The third kappa shape index (κ3) is 4.68. The van der Waals surface area contributed by atoms with Gasteiger partial charge in [0.25, 0.3) is 0 Å². The molecule has 0 bridgehead atoms. The molecule has 0 aliphatic carbocycles. The number of rotatable bonds is 8. The summed E-state index contributed by atoms with van der Waals surface area (Å²) in [5.74, 6) is 2.35. The minimum Gasteiger partial charge on any atom is -0.493 e. The molecule has 0 amide bonds. The Morgan fingerprint density at radius 1 is 0.857 bits per heavy atom. The summed E-state index contributed by atoms with van der Waals surface area (Å²) in [5, 5.41) is 0. The SMILES string of the molecule is COc1ccccc1OCCCOc1ccc(CN)cc1. The predicted molar refractivity (Wildman–Crippen MR) is 82.9 cm³/mol. The van der Waals surface area contributed by atoms with E-state index in [1.807, 2.05) is 48.5 Å². The summed E-state index contributed by atoms with van der Waals surface area (Å²) in [6.45, 7) is 1.74. The molecule has 0 heterocycles. The fraction of sp³-hybridized carbons (Fsp3) is 0.294. The van der Waals surface area contributed by atoms with Crippen molar-refractivity contribution in [2.75, 3.05) is 20.3 Å². The molecule has 0 radical (unpaired) electrons. The monoisotopic (exact) mass is 287 g/mol. The maximum absolute atomic E-state index is 5.68. The number of hydrogen-bond acceptors (Lipinski definition) is 4. The summed E-state index contributed by atoms with van der Waals surface area (Å²) in [5.41, 5.74) is 6.65. The summed E-state index contributed by atoms with van der Waals surface area (Å²) >= 11 is 0. The lowest BCUT2D eigenvalue weighted by Gasteiger charge is -2.11. The van der Waals surface area contributed by atoms with E-state index in [0.29, 0.717) is 19.8 Å². The van der Waals surface area contributed by atoms with E-state index in [4.69, 9.17) is 19.9 Å². The lowest BCUT2D eigenvalue weighted by molar-refractivity contribution is 0.240. The first-order valence-corrected chi connectivity index (χ1v) is 7.01. The lowest BCUT2D eigenvalue weighted by Crippen LogP contribution is -2.05.